The van der Waals surface area contributed by atoms with Crippen LogP contribution in [0.5, 0.6) is 0 Å². The summed E-state index contributed by atoms with van der Waals surface area (Å²) >= 11 is 0. The molecule has 0 saturated heterocycles. The maximum atomic E-state index is 7.42. The van der Waals surface area contributed by atoms with Gasteiger partial charge in [-0.25, -0.2) is 5.57 Å². The van der Waals surface area contributed by atoms with Gasteiger partial charge < -0.3 is 30.5 Å². The second kappa shape index (κ2) is 16.0. The first-order chi connectivity index (χ1) is 10.5. The van der Waals surface area contributed by atoms with Crippen molar-refractivity contribution in [1.82, 2.24) is 0 Å². The fourth-order valence-corrected chi connectivity index (χ4v) is 2.15. The quantitative estimate of drug-likeness (QED) is 0.423. The largest absolute Gasteiger partial charge is 4.00 e. The number of hydrogen-bond acceptors (Lipinski definition) is 0. The average molecular weight is 446 g/mol. The van der Waals surface area contributed by atoms with Gasteiger partial charge in [-0.2, -0.15) is 11.1 Å². The third-order valence-electron chi connectivity index (χ3n) is 3.97. The summed E-state index contributed by atoms with van der Waals surface area (Å²) in [5.41, 5.74) is 13.6. The topological polar surface area (TPSA) is 23.8 Å². The Kier molecular flexibility index (Phi) is 20.7. The van der Waals surface area contributed by atoms with Crippen molar-refractivity contribution in [3.63, 3.8) is 0 Å². The van der Waals surface area contributed by atoms with E-state index in [1.54, 1.807) is 6.07 Å². The third-order valence-corrected chi connectivity index (χ3v) is 3.97. The summed E-state index contributed by atoms with van der Waals surface area (Å²) in [6.45, 7) is 19.4. The van der Waals surface area contributed by atoms with Crippen molar-refractivity contribution in [3.05, 3.63) is 58.4 Å². The van der Waals surface area contributed by atoms with Crippen LogP contribution in [0.4, 0.5) is 5.69 Å². The summed E-state index contributed by atoms with van der Waals surface area (Å²) in [6, 6.07) is 7.72. The van der Waals surface area contributed by atoms with Crippen molar-refractivity contribution in [2.24, 2.45) is 5.92 Å². The summed E-state index contributed by atoms with van der Waals surface area (Å²) in [6.07, 6.45) is 3.36. The molecule has 1 aromatic rings. The second-order valence-electron chi connectivity index (χ2n) is 7.13. The zero-order valence-electron chi connectivity index (χ0n) is 17.6. The Hall–Kier alpha value is 0.0112. The first kappa shape index (κ1) is 33.6. The van der Waals surface area contributed by atoms with Crippen molar-refractivity contribution >= 4 is 15.2 Å². The van der Waals surface area contributed by atoms with Crippen molar-refractivity contribution < 1.29 is 46.5 Å². The predicted octanol–water partition coefficient (Wildman–Crippen LogP) is 1.18. The number of allylic oxidation sites excluding steroid dienone is 4. The molecule has 1 N–H and O–H groups in total. The monoisotopic (exact) mass is 445 g/mol. The van der Waals surface area contributed by atoms with Gasteiger partial charge in [0.2, 0.25) is 0 Å². The minimum atomic E-state index is 0. The van der Waals surface area contributed by atoms with Gasteiger partial charge in [0.1, 0.15) is 0 Å². The summed E-state index contributed by atoms with van der Waals surface area (Å²) < 4.78 is 0. The van der Waals surface area contributed by atoms with E-state index in [-0.39, 0.29) is 51.9 Å². The van der Waals surface area contributed by atoms with Gasteiger partial charge in [0.05, 0.1) is 0 Å². The molecule has 2 radical (unpaired) electrons. The average Bonchev–Trinajstić information content (AvgIpc) is 2.66. The van der Waals surface area contributed by atoms with Crippen LogP contribution in [0.2, 0.25) is 13.1 Å². The van der Waals surface area contributed by atoms with Crippen LogP contribution in [0.3, 0.4) is 0 Å². The molecule has 0 spiro atoms. The van der Waals surface area contributed by atoms with E-state index in [4.69, 9.17) is 5.73 Å². The van der Waals surface area contributed by atoms with Crippen molar-refractivity contribution in [2.45, 2.75) is 67.0 Å². The summed E-state index contributed by atoms with van der Waals surface area (Å²) in [5, 5.41) is 0. The molecule has 1 aromatic carbocycles. The SMILES string of the molecule is CC(C)(C)c1cccc([NH-])c1.CC1=[C-]C(C)C(C)=C1C.C[Si]C.[Cl-].[Cl-].[Ti+4]. The van der Waals surface area contributed by atoms with Crippen LogP contribution in [0.25, 0.3) is 5.73 Å². The predicted molar refractivity (Wildman–Crippen MR) is 107 cm³/mol. The Labute approximate surface area is 192 Å². The first-order valence-electron chi connectivity index (χ1n) is 8.23. The van der Waals surface area contributed by atoms with Gasteiger partial charge in [0.25, 0.3) is 0 Å². The van der Waals surface area contributed by atoms with Crippen LogP contribution in [0.1, 0.15) is 54.0 Å². The van der Waals surface area contributed by atoms with Gasteiger partial charge in [0, 0.05) is 9.52 Å². The molecule has 1 nitrogen and oxygen atoms in total. The van der Waals surface area contributed by atoms with Crippen LogP contribution >= 0.6 is 0 Å². The summed E-state index contributed by atoms with van der Waals surface area (Å²) in [5.74, 6) is 0.560. The first-order valence-corrected chi connectivity index (χ1v) is 10.2. The third kappa shape index (κ3) is 12.4. The van der Waals surface area contributed by atoms with Crippen LogP contribution in [0.15, 0.2) is 41.0 Å². The second-order valence-corrected chi connectivity index (χ2v) is 8.13. The molecule has 0 amide bonds. The van der Waals surface area contributed by atoms with Gasteiger partial charge in [-0.15, -0.1) is 12.6 Å². The molecule has 1 aliphatic carbocycles. The number of halogens is 2. The van der Waals surface area contributed by atoms with E-state index in [1.165, 1.54) is 22.3 Å². The Bertz CT molecular complexity index is 563. The fraction of sp³-hybridized carbons (Fsp3) is 0.524. The summed E-state index contributed by atoms with van der Waals surface area (Å²) in [7, 11) is 1.08. The van der Waals surface area contributed by atoms with Gasteiger partial charge in [-0.1, -0.05) is 84.8 Å². The fourth-order valence-electron chi connectivity index (χ4n) is 2.15. The molecule has 26 heavy (non-hydrogen) atoms. The van der Waals surface area contributed by atoms with Crippen LogP contribution in [0, 0.1) is 12.0 Å². The number of benzene rings is 1. The molecule has 0 fully saturated rings. The molecule has 0 aromatic heterocycles. The molecule has 0 heterocycles. The van der Waals surface area contributed by atoms with Crippen LogP contribution in [-0.2, 0) is 27.1 Å². The summed E-state index contributed by atoms with van der Waals surface area (Å²) in [4.78, 5) is 0. The van der Waals surface area contributed by atoms with Crippen molar-refractivity contribution in [3.8, 4) is 0 Å². The molecule has 0 saturated carbocycles. The van der Waals surface area contributed by atoms with Crippen molar-refractivity contribution in [2.75, 3.05) is 0 Å². The van der Waals surface area contributed by atoms with Crippen LogP contribution < -0.4 is 24.8 Å². The minimum Gasteiger partial charge on any atom is -1.00 e. The molecule has 1 aliphatic rings. The van der Waals surface area contributed by atoms with Gasteiger partial charge in [-0.05, 0) is 11.0 Å². The van der Waals surface area contributed by atoms with E-state index >= 15 is 0 Å². The van der Waals surface area contributed by atoms with Gasteiger partial charge in [0.15, 0.2) is 0 Å². The van der Waals surface area contributed by atoms with Crippen LogP contribution in [-0.4, -0.2) is 9.52 Å². The zero-order valence-corrected chi connectivity index (χ0v) is 21.7. The normalized spacial score (nSPS) is 15.0. The molecule has 1 atom stereocenters. The molecule has 1 unspecified atom stereocenters. The van der Waals surface area contributed by atoms with E-state index < -0.39 is 0 Å². The number of rotatable bonds is 0. The van der Waals surface area contributed by atoms with E-state index in [2.05, 4.69) is 73.7 Å². The van der Waals surface area contributed by atoms with Crippen molar-refractivity contribution in [1.29, 1.82) is 0 Å². The molecule has 0 bridgehead atoms. The van der Waals surface area contributed by atoms with Gasteiger partial charge in [-0.3, -0.25) is 6.08 Å². The molecule has 0 aliphatic heterocycles. The Morgan fingerprint density at radius 2 is 1.50 bits per heavy atom. The smallest absolute Gasteiger partial charge is 1.00 e. The molecular weight excluding hydrogens is 413 g/mol. The maximum absolute atomic E-state index is 7.42. The zero-order chi connectivity index (χ0) is 18.2. The number of nitrogens with one attached hydrogen (secondary N) is 1. The Balaban J connectivity index is -0.000000148. The van der Waals surface area contributed by atoms with E-state index in [9.17, 15) is 0 Å². The van der Waals surface area contributed by atoms with Gasteiger partial charge >= 0.3 is 21.7 Å². The molecule has 5 heteroatoms. The minimum absolute atomic E-state index is 0. The Morgan fingerprint density at radius 3 is 1.69 bits per heavy atom. The molecule has 144 valence electrons. The molecule has 2 rings (SSSR count). The number of hydrogen-bond donors (Lipinski definition) is 0. The van der Waals surface area contributed by atoms with E-state index in [1.807, 2.05) is 12.1 Å². The standard InChI is InChI=1S/C10H14N.C9H13.C2H6Si.2ClH.Ti/c1-10(2,3)8-5-4-6-9(11)7-8;1-6-5-7(2)9(4)8(6)3;1-3-2;;;/h4-7,11H,1-3H3;6H,1-4H3;1-2H3;2*1H;/q2*-1;;;;+4/p-2. The molecular formula is C21H33Cl2NSiTi. The Morgan fingerprint density at radius 1 is 1.04 bits per heavy atom. The van der Waals surface area contributed by atoms with E-state index in [0.29, 0.717) is 11.6 Å². The maximum Gasteiger partial charge on any atom is 4.00 e. The van der Waals surface area contributed by atoms with E-state index in [0.717, 1.165) is 9.52 Å².